The topological polar surface area (TPSA) is 71.2 Å². The highest BCUT2D eigenvalue weighted by Crippen LogP contribution is 2.31. The maximum absolute atomic E-state index is 9.22. The number of hydrogen-bond acceptors (Lipinski definition) is 4. The van der Waals surface area contributed by atoms with Crippen LogP contribution in [0.15, 0.2) is 28.9 Å². The monoisotopic (exact) mass is 323 g/mol. The van der Waals surface area contributed by atoms with Gasteiger partial charge in [-0.15, -0.1) is 0 Å². The van der Waals surface area contributed by atoms with Gasteiger partial charge < -0.3 is 16.2 Å². The lowest BCUT2D eigenvalue weighted by molar-refractivity contribution is 0.226. The number of fused-ring (bicyclic) bond motifs is 1. The Morgan fingerprint density at radius 1 is 1.42 bits per heavy atom. The summed E-state index contributed by atoms with van der Waals surface area (Å²) in [6.07, 6.45) is 1.66. The maximum Gasteiger partial charge on any atom is 0.0743 e. The van der Waals surface area contributed by atoms with Gasteiger partial charge in [0.05, 0.1) is 23.1 Å². The van der Waals surface area contributed by atoms with Crippen molar-refractivity contribution >= 4 is 38.2 Å². The van der Waals surface area contributed by atoms with E-state index in [9.17, 15) is 5.11 Å². The fourth-order valence-electron chi connectivity index (χ4n) is 1.87. The number of benzene rings is 1. The van der Waals surface area contributed by atoms with Gasteiger partial charge in [-0.05, 0) is 31.0 Å². The normalized spacial score (nSPS) is 14.3. The zero-order valence-corrected chi connectivity index (χ0v) is 12.6. The Morgan fingerprint density at radius 3 is 2.84 bits per heavy atom. The molecule has 0 radical (unpaired) electrons. The van der Waals surface area contributed by atoms with E-state index in [1.54, 1.807) is 6.20 Å². The van der Waals surface area contributed by atoms with Crippen molar-refractivity contribution in [3.8, 4) is 0 Å². The highest BCUT2D eigenvalue weighted by Gasteiger charge is 2.14. The summed E-state index contributed by atoms with van der Waals surface area (Å²) in [6.45, 7) is 4.17. The van der Waals surface area contributed by atoms with Gasteiger partial charge in [-0.3, -0.25) is 4.98 Å². The fraction of sp³-hybridized carbons (Fsp3) is 0.357. The number of aliphatic hydroxyl groups is 1. The van der Waals surface area contributed by atoms with Crippen LogP contribution in [0.1, 0.15) is 13.8 Å². The maximum atomic E-state index is 9.22. The first-order valence-corrected chi connectivity index (χ1v) is 7.03. The molecule has 0 saturated carbocycles. The van der Waals surface area contributed by atoms with Crippen LogP contribution in [-0.4, -0.2) is 22.7 Å². The number of anilines is 2. The summed E-state index contributed by atoms with van der Waals surface area (Å²) in [5.74, 6) is 0.148. The van der Waals surface area contributed by atoms with Crippen LogP contribution in [0.2, 0.25) is 0 Å². The lowest BCUT2D eigenvalue weighted by Crippen LogP contribution is -2.26. The van der Waals surface area contributed by atoms with E-state index in [0.29, 0.717) is 5.69 Å². The van der Waals surface area contributed by atoms with Crippen molar-refractivity contribution in [3.63, 3.8) is 0 Å². The number of aromatic nitrogens is 1. The van der Waals surface area contributed by atoms with Gasteiger partial charge in [-0.1, -0.05) is 22.9 Å². The molecule has 102 valence electrons. The molecule has 0 aliphatic heterocycles. The van der Waals surface area contributed by atoms with E-state index >= 15 is 0 Å². The molecular weight excluding hydrogens is 306 g/mol. The van der Waals surface area contributed by atoms with Crippen LogP contribution in [-0.2, 0) is 0 Å². The smallest absolute Gasteiger partial charge is 0.0743 e. The summed E-state index contributed by atoms with van der Waals surface area (Å²) < 4.78 is 0.985. The molecule has 0 aliphatic rings. The molecule has 0 bridgehead atoms. The molecule has 0 saturated heterocycles. The molecule has 4 N–H and O–H groups in total. The quantitative estimate of drug-likeness (QED) is 0.808. The number of nitrogens with zero attached hydrogens (tertiary/aromatic N) is 1. The molecule has 1 aromatic carbocycles. The number of nitrogen functional groups attached to an aromatic ring is 1. The van der Waals surface area contributed by atoms with Gasteiger partial charge >= 0.3 is 0 Å². The van der Waals surface area contributed by atoms with Crippen molar-refractivity contribution < 1.29 is 5.11 Å². The molecule has 4 nitrogen and oxygen atoms in total. The van der Waals surface area contributed by atoms with Crippen molar-refractivity contribution in [1.82, 2.24) is 4.98 Å². The zero-order chi connectivity index (χ0) is 14.0. The summed E-state index contributed by atoms with van der Waals surface area (Å²) in [6, 6.07) is 6.02. The van der Waals surface area contributed by atoms with Gasteiger partial charge in [0, 0.05) is 22.5 Å². The number of rotatable bonds is 4. The van der Waals surface area contributed by atoms with Crippen LogP contribution >= 0.6 is 15.9 Å². The van der Waals surface area contributed by atoms with Gasteiger partial charge in [0.25, 0.3) is 0 Å². The van der Waals surface area contributed by atoms with Gasteiger partial charge in [0.2, 0.25) is 0 Å². The molecule has 1 heterocycles. The highest BCUT2D eigenvalue weighted by molar-refractivity contribution is 9.10. The second-order valence-electron chi connectivity index (χ2n) is 4.84. The molecule has 5 heteroatoms. The zero-order valence-electron chi connectivity index (χ0n) is 11.0. The summed E-state index contributed by atoms with van der Waals surface area (Å²) >= 11 is 3.46. The molecule has 0 aliphatic carbocycles. The van der Waals surface area contributed by atoms with Crippen molar-refractivity contribution in [2.45, 2.75) is 19.9 Å². The van der Waals surface area contributed by atoms with Crippen molar-refractivity contribution in [1.29, 1.82) is 0 Å². The van der Waals surface area contributed by atoms with E-state index in [1.807, 2.05) is 32.0 Å². The lowest BCUT2D eigenvalue weighted by atomic mass is 10.0. The first kappa shape index (κ1) is 14.1. The number of aliphatic hydroxyl groups excluding tert-OH is 1. The van der Waals surface area contributed by atoms with E-state index < -0.39 is 0 Å². The molecule has 0 amide bonds. The lowest BCUT2D eigenvalue weighted by Gasteiger charge is -2.22. The summed E-state index contributed by atoms with van der Waals surface area (Å²) in [4.78, 5) is 4.32. The minimum absolute atomic E-state index is 0.122. The molecule has 2 atom stereocenters. The largest absolute Gasteiger partial charge is 0.396 e. The number of pyridine rings is 1. The minimum Gasteiger partial charge on any atom is -0.396 e. The Hall–Kier alpha value is -1.33. The van der Waals surface area contributed by atoms with Gasteiger partial charge in [0.15, 0.2) is 0 Å². The van der Waals surface area contributed by atoms with Crippen molar-refractivity contribution in [2.24, 2.45) is 5.92 Å². The molecular formula is C14H18BrN3O. The fourth-order valence-corrected chi connectivity index (χ4v) is 2.23. The molecule has 19 heavy (non-hydrogen) atoms. The van der Waals surface area contributed by atoms with Crippen LogP contribution in [0, 0.1) is 5.92 Å². The third-order valence-electron chi connectivity index (χ3n) is 3.37. The summed E-state index contributed by atoms with van der Waals surface area (Å²) in [5, 5.41) is 13.6. The minimum atomic E-state index is 0.122. The second-order valence-corrected chi connectivity index (χ2v) is 5.76. The average Bonchev–Trinajstić information content (AvgIpc) is 2.41. The van der Waals surface area contributed by atoms with Gasteiger partial charge in [0.1, 0.15) is 0 Å². The van der Waals surface area contributed by atoms with Crippen LogP contribution in [0.5, 0.6) is 0 Å². The van der Waals surface area contributed by atoms with E-state index in [0.717, 1.165) is 21.1 Å². The standard InChI is InChI=1S/C14H18BrN3O/c1-8(7-19)9(2)18-14-11-5-10(15)3-4-13(11)17-6-12(14)16/h3-6,8-9,19H,7,16H2,1-2H3,(H,17,18). The molecule has 1 aromatic heterocycles. The third kappa shape index (κ3) is 2.98. The van der Waals surface area contributed by atoms with Crippen LogP contribution in [0.3, 0.4) is 0 Å². The Labute approximate surface area is 121 Å². The molecule has 2 rings (SSSR count). The first-order chi connectivity index (χ1) is 9.02. The molecule has 2 unspecified atom stereocenters. The predicted octanol–water partition coefficient (Wildman–Crippen LogP) is 3.01. The van der Waals surface area contributed by atoms with Crippen molar-refractivity contribution in [3.05, 3.63) is 28.9 Å². The van der Waals surface area contributed by atoms with Crippen molar-refractivity contribution in [2.75, 3.05) is 17.7 Å². The van der Waals surface area contributed by atoms with Gasteiger partial charge in [-0.2, -0.15) is 0 Å². The van der Waals surface area contributed by atoms with E-state index in [4.69, 9.17) is 5.73 Å². The summed E-state index contributed by atoms with van der Waals surface area (Å²) in [7, 11) is 0. The number of nitrogens with one attached hydrogen (secondary N) is 1. The number of halogens is 1. The molecule has 0 spiro atoms. The van der Waals surface area contributed by atoms with Crippen LogP contribution in [0.25, 0.3) is 10.9 Å². The van der Waals surface area contributed by atoms with E-state index in [2.05, 4.69) is 26.2 Å². The first-order valence-electron chi connectivity index (χ1n) is 6.24. The number of nitrogens with two attached hydrogens (primary N) is 1. The Morgan fingerprint density at radius 2 is 2.16 bits per heavy atom. The van der Waals surface area contributed by atoms with Gasteiger partial charge in [-0.25, -0.2) is 0 Å². The van der Waals surface area contributed by atoms with E-state index in [1.165, 1.54) is 0 Å². The highest BCUT2D eigenvalue weighted by atomic mass is 79.9. The number of hydrogen-bond donors (Lipinski definition) is 3. The summed E-state index contributed by atoms with van der Waals surface area (Å²) in [5.41, 5.74) is 8.40. The Kier molecular flexibility index (Phi) is 4.27. The van der Waals surface area contributed by atoms with E-state index in [-0.39, 0.29) is 18.6 Å². The Bertz CT molecular complexity index is 583. The molecule has 2 aromatic rings. The SMILES string of the molecule is CC(CO)C(C)Nc1c(N)cnc2ccc(Br)cc12. The third-order valence-corrected chi connectivity index (χ3v) is 3.87. The second kappa shape index (κ2) is 5.75. The molecule has 0 fully saturated rings. The van der Waals surface area contributed by atoms with Crippen LogP contribution < -0.4 is 11.1 Å². The average molecular weight is 324 g/mol. The van der Waals surface area contributed by atoms with Crippen LogP contribution in [0.4, 0.5) is 11.4 Å². The Balaban J connectivity index is 2.46. The predicted molar refractivity (Wildman–Crippen MR) is 83.2 cm³/mol.